The molecule has 0 fully saturated rings. The van der Waals surface area contributed by atoms with Gasteiger partial charge in [0.15, 0.2) is 0 Å². The van der Waals surface area contributed by atoms with E-state index in [4.69, 9.17) is 33.2 Å². The van der Waals surface area contributed by atoms with Gasteiger partial charge in [0.05, 0.1) is 46.0 Å². The number of fused-ring (bicyclic) bond motifs is 2. The lowest BCUT2D eigenvalue weighted by molar-refractivity contribution is 0.0948. The Balaban J connectivity index is 1.02. The van der Waals surface area contributed by atoms with Gasteiger partial charge in [-0.1, -0.05) is 108 Å². The fraction of sp³-hybridized carbons (Fsp3) is 0. The summed E-state index contributed by atoms with van der Waals surface area (Å²) in [5.41, 5.74) is 12.1. The minimum absolute atomic E-state index is 0.364. The first-order valence-corrected chi connectivity index (χ1v) is 16.3. The van der Waals surface area contributed by atoms with Gasteiger partial charge >= 0.3 is 0 Å². The highest BCUT2D eigenvalue weighted by atomic mass is 35.5. The fourth-order valence-electron chi connectivity index (χ4n) is 5.38. The summed E-state index contributed by atoms with van der Waals surface area (Å²) >= 11 is 12.1. The largest absolute Gasteiger partial charge is 0.272 e. The Hall–Kier alpha value is -6.22. The number of benzene rings is 5. The zero-order valence-corrected chi connectivity index (χ0v) is 27.7. The van der Waals surface area contributed by atoms with Crippen LogP contribution in [0.25, 0.3) is 44.3 Å². The summed E-state index contributed by atoms with van der Waals surface area (Å²) in [4.78, 5) is 36.0. The molecule has 7 rings (SSSR count). The minimum atomic E-state index is -0.364. The van der Waals surface area contributed by atoms with E-state index in [2.05, 4.69) is 21.1 Å². The van der Waals surface area contributed by atoms with Gasteiger partial charge in [-0.05, 0) is 59.7 Å². The van der Waals surface area contributed by atoms with Crippen LogP contribution in [0, 0.1) is 0 Å². The van der Waals surface area contributed by atoms with Gasteiger partial charge < -0.3 is 0 Å². The van der Waals surface area contributed by atoms with E-state index in [1.54, 1.807) is 48.8 Å². The van der Waals surface area contributed by atoms with E-state index >= 15 is 0 Å². The molecule has 50 heavy (non-hydrogen) atoms. The summed E-state index contributed by atoms with van der Waals surface area (Å²) in [5, 5.41) is 11.0. The predicted molar refractivity (Wildman–Crippen MR) is 201 cm³/mol. The summed E-state index contributed by atoms with van der Waals surface area (Å²) in [6.07, 6.45) is 3.10. The Labute approximate surface area is 297 Å². The fourth-order valence-corrected chi connectivity index (χ4v) is 5.64. The highest BCUT2D eigenvalue weighted by Gasteiger charge is 2.15. The standard InChI is InChI=1S/C40H26Cl2N6O2/c41-29-17-13-27(14-18-29)37-21-33(31-5-1-3-7-35(31)45-37)39(49)47-43-23-25-9-11-26(12-10-25)24-44-48-40(50)34-22-38(28-15-19-30(42)20-16-28)46-36-8-4-2-6-32(34)36/h1-24H,(H,47,49)(H,48,50). The molecule has 5 aromatic carbocycles. The lowest BCUT2D eigenvalue weighted by Gasteiger charge is -2.09. The van der Waals surface area contributed by atoms with Crippen LogP contribution in [0.3, 0.4) is 0 Å². The number of pyridine rings is 2. The normalized spacial score (nSPS) is 11.4. The Morgan fingerprint density at radius 2 is 0.900 bits per heavy atom. The van der Waals surface area contributed by atoms with Crippen LogP contribution in [-0.2, 0) is 0 Å². The molecule has 0 radical (unpaired) electrons. The first-order valence-electron chi connectivity index (χ1n) is 15.5. The van der Waals surface area contributed by atoms with Crippen molar-refractivity contribution in [2.45, 2.75) is 0 Å². The van der Waals surface area contributed by atoms with E-state index in [0.29, 0.717) is 54.4 Å². The molecule has 0 aliphatic heterocycles. The van der Waals surface area contributed by atoms with Crippen molar-refractivity contribution >= 4 is 69.3 Å². The maximum absolute atomic E-state index is 13.3. The quantitative estimate of drug-likeness (QED) is 0.122. The molecule has 0 spiro atoms. The van der Waals surface area contributed by atoms with Crippen LogP contribution in [0.5, 0.6) is 0 Å². The molecule has 0 bridgehead atoms. The van der Waals surface area contributed by atoms with Gasteiger partial charge in [0.1, 0.15) is 0 Å². The molecule has 2 heterocycles. The average molecular weight is 694 g/mol. The van der Waals surface area contributed by atoms with Crippen molar-refractivity contribution in [2.24, 2.45) is 10.2 Å². The second-order valence-electron chi connectivity index (χ2n) is 11.2. The number of carbonyl (C=O) groups is 2. The molecule has 0 unspecified atom stereocenters. The van der Waals surface area contributed by atoms with E-state index in [1.807, 2.05) is 97.1 Å². The monoisotopic (exact) mass is 692 g/mol. The molecule has 8 nitrogen and oxygen atoms in total. The molecule has 0 aliphatic rings. The number of hydrogen-bond donors (Lipinski definition) is 2. The van der Waals surface area contributed by atoms with Crippen molar-refractivity contribution < 1.29 is 9.59 Å². The summed E-state index contributed by atoms with van der Waals surface area (Å²) < 4.78 is 0. The smallest absolute Gasteiger partial charge is 0.267 e. The van der Waals surface area contributed by atoms with E-state index in [1.165, 1.54) is 0 Å². The van der Waals surface area contributed by atoms with Crippen LogP contribution in [0.4, 0.5) is 0 Å². The van der Waals surface area contributed by atoms with E-state index in [-0.39, 0.29) is 11.8 Å². The van der Waals surface area contributed by atoms with E-state index in [0.717, 1.165) is 22.3 Å². The van der Waals surface area contributed by atoms with E-state index in [9.17, 15) is 9.59 Å². The van der Waals surface area contributed by atoms with Gasteiger partial charge in [0.2, 0.25) is 0 Å². The SMILES string of the molecule is O=C(NN=Cc1ccc(C=NNC(=O)c2cc(-c3ccc(Cl)cc3)nc3ccccc23)cc1)c1cc(-c2ccc(Cl)cc2)nc2ccccc12. The molecular weight excluding hydrogens is 667 g/mol. The number of aromatic nitrogens is 2. The lowest BCUT2D eigenvalue weighted by atomic mass is 10.0. The number of hydrazone groups is 2. The van der Waals surface area contributed by atoms with Crippen LogP contribution in [0.2, 0.25) is 10.0 Å². The molecular formula is C40H26Cl2N6O2. The number of nitrogens with zero attached hydrogens (tertiary/aromatic N) is 4. The highest BCUT2D eigenvalue weighted by Crippen LogP contribution is 2.27. The van der Waals surface area contributed by atoms with Crippen molar-refractivity contribution in [3.05, 3.63) is 166 Å². The molecule has 0 aliphatic carbocycles. The second-order valence-corrected chi connectivity index (χ2v) is 12.1. The van der Waals surface area contributed by atoms with Gasteiger partial charge in [0, 0.05) is 31.9 Å². The van der Waals surface area contributed by atoms with Crippen LogP contribution >= 0.6 is 23.2 Å². The van der Waals surface area contributed by atoms with Gasteiger partial charge in [-0.2, -0.15) is 10.2 Å². The molecule has 2 aromatic heterocycles. The third-order valence-electron chi connectivity index (χ3n) is 7.90. The van der Waals surface area contributed by atoms with Crippen LogP contribution in [0.1, 0.15) is 31.8 Å². The summed E-state index contributed by atoms with van der Waals surface area (Å²) in [6, 6.07) is 40.3. The first kappa shape index (κ1) is 32.3. The number of nitrogens with one attached hydrogen (secondary N) is 2. The topological polar surface area (TPSA) is 109 Å². The zero-order valence-electron chi connectivity index (χ0n) is 26.2. The third-order valence-corrected chi connectivity index (χ3v) is 8.40. The molecule has 0 saturated heterocycles. The molecule has 2 N–H and O–H groups in total. The number of carbonyl (C=O) groups excluding carboxylic acids is 2. The van der Waals surface area contributed by atoms with Crippen LogP contribution < -0.4 is 10.9 Å². The van der Waals surface area contributed by atoms with Gasteiger partial charge in [-0.15, -0.1) is 0 Å². The number of amides is 2. The van der Waals surface area contributed by atoms with Crippen molar-refractivity contribution in [3.63, 3.8) is 0 Å². The van der Waals surface area contributed by atoms with Crippen molar-refractivity contribution in [1.82, 2.24) is 20.8 Å². The third kappa shape index (κ3) is 7.27. The number of halogens is 2. The highest BCUT2D eigenvalue weighted by molar-refractivity contribution is 6.31. The number of hydrogen-bond acceptors (Lipinski definition) is 6. The molecule has 10 heteroatoms. The van der Waals surface area contributed by atoms with Crippen molar-refractivity contribution in [2.75, 3.05) is 0 Å². The maximum atomic E-state index is 13.3. The summed E-state index contributed by atoms with van der Waals surface area (Å²) in [7, 11) is 0. The number of rotatable bonds is 8. The molecule has 7 aromatic rings. The van der Waals surface area contributed by atoms with Crippen LogP contribution in [0.15, 0.2) is 144 Å². The van der Waals surface area contributed by atoms with Gasteiger partial charge in [-0.25, -0.2) is 20.8 Å². The average Bonchev–Trinajstić information content (AvgIpc) is 3.15. The molecule has 0 saturated carbocycles. The predicted octanol–water partition coefficient (Wildman–Crippen LogP) is 8.95. The zero-order chi connectivity index (χ0) is 34.5. The maximum Gasteiger partial charge on any atom is 0.272 e. The minimum Gasteiger partial charge on any atom is -0.267 e. The Morgan fingerprint density at radius 3 is 1.30 bits per heavy atom. The molecule has 0 atom stereocenters. The molecule has 2 amide bonds. The Kier molecular flexibility index (Phi) is 9.37. The van der Waals surface area contributed by atoms with Gasteiger partial charge in [-0.3, -0.25) is 9.59 Å². The second kappa shape index (κ2) is 14.5. The Bertz CT molecular complexity index is 2260. The van der Waals surface area contributed by atoms with Gasteiger partial charge in [0.25, 0.3) is 11.8 Å². The van der Waals surface area contributed by atoms with Crippen molar-refractivity contribution in [3.8, 4) is 22.5 Å². The summed E-state index contributed by atoms with van der Waals surface area (Å²) in [5.74, 6) is -0.728. The number of para-hydroxylation sites is 2. The Morgan fingerprint density at radius 1 is 0.520 bits per heavy atom. The molecule has 242 valence electrons. The van der Waals surface area contributed by atoms with Crippen LogP contribution in [-0.4, -0.2) is 34.2 Å². The first-order chi connectivity index (χ1) is 24.4. The van der Waals surface area contributed by atoms with E-state index < -0.39 is 0 Å². The lowest BCUT2D eigenvalue weighted by Crippen LogP contribution is -2.18. The van der Waals surface area contributed by atoms with Crippen molar-refractivity contribution in [1.29, 1.82) is 0 Å². The summed E-state index contributed by atoms with van der Waals surface area (Å²) in [6.45, 7) is 0.